The third kappa shape index (κ3) is 1.98. The van der Waals surface area contributed by atoms with Gasteiger partial charge in [-0.15, -0.1) is 0 Å². The van der Waals surface area contributed by atoms with Crippen molar-refractivity contribution in [3.63, 3.8) is 0 Å². The Labute approximate surface area is 151 Å². The van der Waals surface area contributed by atoms with Crippen molar-refractivity contribution in [2.75, 3.05) is 26.3 Å². The summed E-state index contributed by atoms with van der Waals surface area (Å²) in [5.41, 5.74) is -3.21. The average molecular weight is 365 g/mol. The molecule has 0 aliphatic carbocycles. The van der Waals surface area contributed by atoms with E-state index in [4.69, 9.17) is 18.9 Å². The SMILES string of the molecule is CC1OCC23CC1(O)C(=O)O[C@@H]1CCN4CC=C(COC(=O)C2(C)O3)[C@H]14. The number of fused-ring (bicyclic) bond motifs is 1. The van der Waals surface area contributed by atoms with Gasteiger partial charge in [0.05, 0.1) is 18.8 Å². The Morgan fingerprint density at radius 3 is 2.92 bits per heavy atom. The van der Waals surface area contributed by atoms with Gasteiger partial charge >= 0.3 is 11.9 Å². The lowest BCUT2D eigenvalue weighted by molar-refractivity contribution is -0.206. The summed E-state index contributed by atoms with van der Waals surface area (Å²) in [6.45, 7) is 5.08. The molecular formula is C18H23NO7. The number of rotatable bonds is 0. The monoisotopic (exact) mass is 365 g/mol. The number of ether oxygens (including phenoxy) is 4. The van der Waals surface area contributed by atoms with Crippen molar-refractivity contribution in [1.82, 2.24) is 4.90 Å². The predicted octanol–water partition coefficient (Wildman–Crippen LogP) is -0.463. The topological polar surface area (TPSA) is 97.8 Å². The van der Waals surface area contributed by atoms with E-state index in [0.717, 1.165) is 18.7 Å². The van der Waals surface area contributed by atoms with E-state index in [1.54, 1.807) is 13.8 Å². The molecule has 0 saturated carbocycles. The molecule has 4 saturated heterocycles. The molecule has 0 radical (unpaired) electrons. The summed E-state index contributed by atoms with van der Waals surface area (Å²) in [5.74, 6) is -1.19. The van der Waals surface area contributed by atoms with Crippen molar-refractivity contribution in [3.05, 3.63) is 11.6 Å². The number of carbonyl (C=O) groups excluding carboxylic acids is 2. The van der Waals surface area contributed by atoms with Crippen LogP contribution in [0, 0.1) is 0 Å². The fourth-order valence-electron chi connectivity index (χ4n) is 4.88. The number of cyclic esters (lactones) is 1. The number of hydrogen-bond donors (Lipinski definition) is 1. The van der Waals surface area contributed by atoms with Crippen LogP contribution in [0.4, 0.5) is 0 Å². The first-order valence-electron chi connectivity index (χ1n) is 9.15. The van der Waals surface area contributed by atoms with Crippen molar-refractivity contribution in [2.45, 2.75) is 61.7 Å². The molecule has 1 N–H and O–H groups in total. The Hall–Kier alpha value is -1.48. The second-order valence-corrected chi connectivity index (χ2v) is 8.21. The van der Waals surface area contributed by atoms with Gasteiger partial charge < -0.3 is 24.1 Å². The molecule has 26 heavy (non-hydrogen) atoms. The van der Waals surface area contributed by atoms with Crippen molar-refractivity contribution < 1.29 is 33.6 Å². The number of carbonyl (C=O) groups is 2. The Morgan fingerprint density at radius 1 is 1.31 bits per heavy atom. The average Bonchev–Trinajstić information content (AvgIpc) is 2.92. The Kier molecular flexibility index (Phi) is 3.25. The van der Waals surface area contributed by atoms with Gasteiger partial charge in [-0.2, -0.15) is 0 Å². The van der Waals surface area contributed by atoms with E-state index in [1.165, 1.54) is 0 Å². The van der Waals surface area contributed by atoms with E-state index >= 15 is 0 Å². The summed E-state index contributed by atoms with van der Waals surface area (Å²) < 4.78 is 22.7. The molecule has 0 aromatic carbocycles. The molecule has 5 aliphatic rings. The standard InChI is InChI=1S/C18H23NO7/c1-10-18(22)8-17(9-24-10)16(2,26-17)14(20)23-7-11-3-5-19-6-4-12(13(11)19)25-15(18)21/h3,10,12-13,22H,4-9H2,1-2H3/t10?,12-,13-,16?,17?,18?/m1/s1. The van der Waals surface area contributed by atoms with E-state index < -0.39 is 34.8 Å². The zero-order valence-corrected chi connectivity index (χ0v) is 14.9. The molecule has 8 heteroatoms. The molecular weight excluding hydrogens is 342 g/mol. The molecule has 142 valence electrons. The lowest BCUT2D eigenvalue weighted by Crippen LogP contribution is -2.60. The van der Waals surface area contributed by atoms with Gasteiger partial charge in [-0.25, -0.2) is 9.59 Å². The molecule has 1 spiro atoms. The quantitative estimate of drug-likeness (QED) is 0.350. The second kappa shape index (κ2) is 5.07. The molecule has 4 unspecified atom stereocenters. The third-order valence-corrected chi connectivity index (χ3v) is 6.81. The van der Waals surface area contributed by atoms with E-state index in [9.17, 15) is 14.7 Å². The van der Waals surface area contributed by atoms with Gasteiger partial charge in [-0.3, -0.25) is 4.90 Å². The zero-order chi connectivity index (χ0) is 18.3. The molecule has 6 atom stereocenters. The normalized spacial score (nSPS) is 50.6. The molecule has 8 nitrogen and oxygen atoms in total. The highest BCUT2D eigenvalue weighted by molar-refractivity contribution is 5.86. The van der Waals surface area contributed by atoms with E-state index in [2.05, 4.69) is 4.90 Å². The van der Waals surface area contributed by atoms with Gasteiger partial charge in [0.2, 0.25) is 0 Å². The largest absolute Gasteiger partial charge is 0.459 e. The van der Waals surface area contributed by atoms with Gasteiger partial charge in [-0.05, 0) is 25.8 Å². The van der Waals surface area contributed by atoms with Crippen LogP contribution in [0.2, 0.25) is 0 Å². The number of aliphatic hydroxyl groups is 1. The molecule has 0 amide bonds. The second-order valence-electron chi connectivity index (χ2n) is 8.21. The highest BCUT2D eigenvalue weighted by Crippen LogP contribution is 2.56. The van der Waals surface area contributed by atoms with E-state index in [0.29, 0.717) is 6.42 Å². The first-order valence-corrected chi connectivity index (χ1v) is 9.15. The minimum Gasteiger partial charge on any atom is -0.459 e. The van der Waals surface area contributed by atoms with Crippen molar-refractivity contribution >= 4 is 11.9 Å². The number of esters is 2. The van der Waals surface area contributed by atoms with Crippen molar-refractivity contribution in [2.24, 2.45) is 0 Å². The summed E-state index contributed by atoms with van der Waals surface area (Å²) >= 11 is 0. The van der Waals surface area contributed by atoms with Crippen LogP contribution in [0.15, 0.2) is 11.6 Å². The smallest absolute Gasteiger partial charge is 0.341 e. The number of epoxide rings is 1. The lowest BCUT2D eigenvalue weighted by atomic mass is 9.78. The first-order chi connectivity index (χ1) is 12.3. The predicted molar refractivity (Wildman–Crippen MR) is 86.1 cm³/mol. The maximum Gasteiger partial charge on any atom is 0.341 e. The van der Waals surface area contributed by atoms with Gasteiger partial charge in [0.15, 0.2) is 11.2 Å². The molecule has 5 rings (SSSR count). The van der Waals surface area contributed by atoms with Crippen LogP contribution >= 0.6 is 0 Å². The summed E-state index contributed by atoms with van der Waals surface area (Å²) in [7, 11) is 0. The van der Waals surface area contributed by atoms with Gasteiger partial charge in [0.1, 0.15) is 18.3 Å². The summed E-state index contributed by atoms with van der Waals surface area (Å²) in [6.07, 6.45) is 1.55. The van der Waals surface area contributed by atoms with Crippen LogP contribution < -0.4 is 0 Å². The fourth-order valence-corrected chi connectivity index (χ4v) is 4.88. The van der Waals surface area contributed by atoms with Crippen LogP contribution in [0.25, 0.3) is 0 Å². The van der Waals surface area contributed by atoms with Gasteiger partial charge in [-0.1, -0.05) is 6.08 Å². The molecule has 0 aromatic rings. The summed E-state index contributed by atoms with van der Waals surface area (Å²) in [4.78, 5) is 27.8. The van der Waals surface area contributed by atoms with Crippen LogP contribution in [-0.4, -0.2) is 83.3 Å². The Morgan fingerprint density at radius 2 is 2.12 bits per heavy atom. The van der Waals surface area contributed by atoms with Crippen LogP contribution in [-0.2, 0) is 28.5 Å². The van der Waals surface area contributed by atoms with E-state index in [1.807, 2.05) is 6.08 Å². The van der Waals surface area contributed by atoms with Crippen molar-refractivity contribution in [1.29, 1.82) is 0 Å². The maximum absolute atomic E-state index is 12.9. The van der Waals surface area contributed by atoms with Gasteiger partial charge in [0.25, 0.3) is 0 Å². The fraction of sp³-hybridized carbons (Fsp3) is 0.778. The van der Waals surface area contributed by atoms with Gasteiger partial charge in [0, 0.05) is 19.5 Å². The summed E-state index contributed by atoms with van der Waals surface area (Å²) in [6, 6.07) is -0.104. The van der Waals surface area contributed by atoms with Crippen molar-refractivity contribution in [3.8, 4) is 0 Å². The molecule has 4 fully saturated rings. The lowest BCUT2D eigenvalue weighted by Gasteiger charge is -2.40. The highest BCUT2D eigenvalue weighted by atomic mass is 16.7. The minimum absolute atomic E-state index is 0.0462. The third-order valence-electron chi connectivity index (χ3n) is 6.81. The van der Waals surface area contributed by atoms with Crippen LogP contribution in [0.1, 0.15) is 26.7 Å². The highest BCUT2D eigenvalue weighted by Gasteiger charge is 2.77. The first kappa shape index (κ1) is 16.7. The van der Waals surface area contributed by atoms with Crippen LogP contribution in [0.5, 0.6) is 0 Å². The molecule has 5 aliphatic heterocycles. The maximum atomic E-state index is 12.9. The summed E-state index contributed by atoms with van der Waals surface area (Å²) in [5, 5.41) is 11.1. The minimum atomic E-state index is -1.86. The van der Waals surface area contributed by atoms with Crippen LogP contribution in [0.3, 0.4) is 0 Å². The Bertz CT molecular complexity index is 722. The Balaban J connectivity index is 1.53. The van der Waals surface area contributed by atoms with E-state index in [-0.39, 0.29) is 31.8 Å². The molecule has 5 heterocycles. The molecule has 0 aromatic heterocycles. The number of nitrogens with zero attached hydrogens (tertiary/aromatic N) is 1. The number of hydrogen-bond acceptors (Lipinski definition) is 8. The molecule has 2 bridgehead atoms. The zero-order valence-electron chi connectivity index (χ0n) is 14.9.